The molecule has 0 bridgehead atoms. The normalized spacial score (nSPS) is 14.3. The van der Waals surface area contributed by atoms with E-state index in [1.165, 1.54) is 0 Å². The minimum Gasteiger partial charge on any atom is -0.292 e. The van der Waals surface area contributed by atoms with Crippen molar-refractivity contribution in [3.05, 3.63) is 41.7 Å². The van der Waals surface area contributed by atoms with E-state index in [0.717, 1.165) is 24.0 Å². The monoisotopic (exact) mass is 173 g/mol. The van der Waals surface area contributed by atoms with Crippen molar-refractivity contribution in [3.63, 3.8) is 0 Å². The van der Waals surface area contributed by atoms with Crippen LogP contribution in [0.3, 0.4) is 0 Å². The Balaban J connectivity index is 2.39. The van der Waals surface area contributed by atoms with Crippen molar-refractivity contribution in [1.82, 2.24) is 4.98 Å². The van der Waals surface area contributed by atoms with Crippen molar-refractivity contribution >= 4 is 5.78 Å². The first-order valence-electron chi connectivity index (χ1n) is 4.43. The molecule has 1 aliphatic carbocycles. The fourth-order valence-electron chi connectivity index (χ4n) is 1.65. The molecule has 2 nitrogen and oxygen atoms in total. The van der Waals surface area contributed by atoms with Crippen molar-refractivity contribution in [3.8, 4) is 0 Å². The van der Waals surface area contributed by atoms with Crippen LogP contribution in [0.25, 0.3) is 0 Å². The third kappa shape index (κ3) is 1.39. The average molecular weight is 173 g/mol. The molecule has 1 aliphatic rings. The molecule has 0 saturated carbocycles. The maximum atomic E-state index is 11.3. The van der Waals surface area contributed by atoms with E-state index in [9.17, 15) is 4.79 Å². The molecule has 0 unspecified atom stereocenters. The number of fused-ring (bicyclic) bond motifs is 1. The second-order valence-electron chi connectivity index (χ2n) is 3.27. The molecule has 1 aromatic heterocycles. The number of ketones is 1. The number of nitrogens with zero attached hydrogens (tertiary/aromatic N) is 1. The first kappa shape index (κ1) is 8.17. The van der Waals surface area contributed by atoms with E-state index in [1.807, 2.05) is 6.08 Å². The minimum atomic E-state index is 0.181. The van der Waals surface area contributed by atoms with Crippen LogP contribution < -0.4 is 0 Å². The Morgan fingerprint density at radius 1 is 1.54 bits per heavy atom. The summed E-state index contributed by atoms with van der Waals surface area (Å²) in [5.74, 6) is 0.181. The van der Waals surface area contributed by atoms with Gasteiger partial charge in [-0.15, -0.1) is 6.58 Å². The highest BCUT2D eigenvalue weighted by Gasteiger charge is 2.20. The van der Waals surface area contributed by atoms with Crippen molar-refractivity contribution in [2.45, 2.75) is 19.3 Å². The largest absolute Gasteiger partial charge is 0.292 e. The Labute approximate surface area is 77.3 Å². The molecule has 0 saturated heterocycles. The number of Topliss-reactive ketones (excluding diaryl/α,β-unsaturated/α-hetero) is 1. The van der Waals surface area contributed by atoms with E-state index in [2.05, 4.69) is 17.6 Å². The van der Waals surface area contributed by atoms with Crippen LogP contribution in [0.1, 0.15) is 28.0 Å². The minimum absolute atomic E-state index is 0.181. The molecule has 2 heteroatoms. The second-order valence-corrected chi connectivity index (χ2v) is 3.27. The SMILES string of the molecule is C=CCc1cnc2c(c1)CCC2=O. The van der Waals surface area contributed by atoms with E-state index in [4.69, 9.17) is 0 Å². The molecule has 1 heterocycles. The van der Waals surface area contributed by atoms with Crippen LogP contribution in [0.2, 0.25) is 0 Å². The zero-order valence-corrected chi connectivity index (χ0v) is 7.42. The van der Waals surface area contributed by atoms with E-state index in [-0.39, 0.29) is 5.78 Å². The van der Waals surface area contributed by atoms with Gasteiger partial charge in [0.2, 0.25) is 0 Å². The molecule has 0 aromatic carbocycles. The Hall–Kier alpha value is -1.44. The van der Waals surface area contributed by atoms with Crippen LogP contribution >= 0.6 is 0 Å². The Bertz CT molecular complexity index is 368. The van der Waals surface area contributed by atoms with E-state index in [1.54, 1.807) is 6.20 Å². The maximum absolute atomic E-state index is 11.3. The van der Waals surface area contributed by atoms with E-state index in [0.29, 0.717) is 12.1 Å². The van der Waals surface area contributed by atoms with Gasteiger partial charge in [0.15, 0.2) is 5.78 Å². The Kier molecular flexibility index (Phi) is 1.97. The third-order valence-corrected chi connectivity index (χ3v) is 2.29. The lowest BCUT2D eigenvalue weighted by molar-refractivity contribution is 0.0990. The molecule has 0 aliphatic heterocycles. The number of hydrogen-bond acceptors (Lipinski definition) is 2. The molecule has 0 radical (unpaired) electrons. The summed E-state index contributed by atoms with van der Waals surface area (Å²) < 4.78 is 0. The van der Waals surface area contributed by atoms with Crippen LogP contribution in [0.4, 0.5) is 0 Å². The highest BCUT2D eigenvalue weighted by molar-refractivity contribution is 5.98. The Morgan fingerprint density at radius 3 is 3.15 bits per heavy atom. The van der Waals surface area contributed by atoms with Crippen molar-refractivity contribution in [2.75, 3.05) is 0 Å². The summed E-state index contributed by atoms with van der Waals surface area (Å²) >= 11 is 0. The summed E-state index contributed by atoms with van der Waals surface area (Å²) in [6.45, 7) is 3.67. The molecule has 0 atom stereocenters. The lowest BCUT2D eigenvalue weighted by Gasteiger charge is -1.99. The van der Waals surface area contributed by atoms with Crippen molar-refractivity contribution in [1.29, 1.82) is 0 Å². The van der Waals surface area contributed by atoms with Gasteiger partial charge in [-0.25, -0.2) is 0 Å². The third-order valence-electron chi connectivity index (χ3n) is 2.29. The van der Waals surface area contributed by atoms with Crippen molar-refractivity contribution in [2.24, 2.45) is 0 Å². The molecule has 2 rings (SSSR count). The number of rotatable bonds is 2. The fraction of sp³-hybridized carbons (Fsp3) is 0.273. The van der Waals surface area contributed by atoms with Gasteiger partial charge in [0, 0.05) is 12.6 Å². The zero-order valence-electron chi connectivity index (χ0n) is 7.42. The molecular weight excluding hydrogens is 162 g/mol. The summed E-state index contributed by atoms with van der Waals surface area (Å²) in [4.78, 5) is 15.4. The van der Waals surface area contributed by atoms with Gasteiger partial charge in [-0.2, -0.15) is 0 Å². The van der Waals surface area contributed by atoms with Gasteiger partial charge in [0.05, 0.1) is 0 Å². The van der Waals surface area contributed by atoms with Gasteiger partial charge in [-0.1, -0.05) is 12.1 Å². The number of aryl methyl sites for hydroxylation is 1. The lowest BCUT2D eigenvalue weighted by Crippen LogP contribution is -1.96. The summed E-state index contributed by atoms with van der Waals surface area (Å²) in [7, 11) is 0. The summed E-state index contributed by atoms with van der Waals surface area (Å²) in [6.07, 6.45) is 5.92. The van der Waals surface area contributed by atoms with Gasteiger partial charge in [-0.3, -0.25) is 9.78 Å². The summed E-state index contributed by atoms with van der Waals surface area (Å²) in [6, 6.07) is 2.06. The predicted molar refractivity (Wildman–Crippen MR) is 50.8 cm³/mol. The summed E-state index contributed by atoms with van der Waals surface area (Å²) in [5.41, 5.74) is 2.92. The fourth-order valence-corrected chi connectivity index (χ4v) is 1.65. The molecule has 66 valence electrons. The van der Waals surface area contributed by atoms with Crippen LogP contribution in [0.15, 0.2) is 24.9 Å². The van der Waals surface area contributed by atoms with Crippen molar-refractivity contribution < 1.29 is 4.79 Å². The van der Waals surface area contributed by atoms with Gasteiger partial charge in [0.1, 0.15) is 5.69 Å². The number of carbonyl (C=O) groups is 1. The van der Waals surface area contributed by atoms with Crippen LogP contribution in [0, 0.1) is 0 Å². The number of aromatic nitrogens is 1. The highest BCUT2D eigenvalue weighted by atomic mass is 16.1. The maximum Gasteiger partial charge on any atom is 0.181 e. The van der Waals surface area contributed by atoms with Gasteiger partial charge in [-0.05, 0) is 24.0 Å². The topological polar surface area (TPSA) is 30.0 Å². The predicted octanol–water partition coefficient (Wildman–Crippen LogP) is 1.94. The molecule has 0 spiro atoms. The molecule has 1 aromatic rings. The molecular formula is C11H11NO. The quantitative estimate of drug-likeness (QED) is 0.640. The number of allylic oxidation sites excluding steroid dienone is 1. The van der Waals surface area contributed by atoms with Crippen LogP contribution in [-0.4, -0.2) is 10.8 Å². The number of pyridine rings is 1. The average Bonchev–Trinajstić information content (AvgIpc) is 2.48. The summed E-state index contributed by atoms with van der Waals surface area (Å²) in [5, 5.41) is 0. The lowest BCUT2D eigenvalue weighted by atomic mass is 10.1. The second kappa shape index (κ2) is 3.13. The van der Waals surface area contributed by atoms with Gasteiger partial charge >= 0.3 is 0 Å². The molecule has 0 N–H and O–H groups in total. The number of carbonyl (C=O) groups excluding carboxylic acids is 1. The highest BCUT2D eigenvalue weighted by Crippen LogP contribution is 2.20. The first-order valence-corrected chi connectivity index (χ1v) is 4.43. The molecule has 13 heavy (non-hydrogen) atoms. The Morgan fingerprint density at radius 2 is 2.38 bits per heavy atom. The van der Waals surface area contributed by atoms with E-state index >= 15 is 0 Å². The zero-order chi connectivity index (χ0) is 9.26. The van der Waals surface area contributed by atoms with Crippen LogP contribution in [0.5, 0.6) is 0 Å². The number of hydrogen-bond donors (Lipinski definition) is 0. The smallest absolute Gasteiger partial charge is 0.181 e. The van der Waals surface area contributed by atoms with E-state index < -0.39 is 0 Å². The first-order chi connectivity index (χ1) is 6.31. The van der Waals surface area contributed by atoms with Gasteiger partial charge in [0.25, 0.3) is 0 Å². The van der Waals surface area contributed by atoms with Crippen LogP contribution in [-0.2, 0) is 12.8 Å². The van der Waals surface area contributed by atoms with Gasteiger partial charge < -0.3 is 0 Å². The molecule has 0 amide bonds. The standard InChI is InChI=1S/C11H11NO/c1-2-3-8-6-9-4-5-10(13)11(9)12-7-8/h2,6-7H,1,3-5H2. The molecule has 0 fully saturated rings.